The summed E-state index contributed by atoms with van der Waals surface area (Å²) in [6.07, 6.45) is 1.57. The number of benzene rings is 2. The standard InChI is InChI=1S/C26H31ClF2N2O4/c1-34-26(33)8-3-2-7-25(32)31-15-13-30(14-16-31)17-24(19-9-11-20(27)12-10-19)35-18-21-22(28)5-4-6-23(21)29/h4-6,9-12,24H,2-3,7-8,13-18H2,1H3/t24-/m0/s1. The van der Waals surface area contributed by atoms with Gasteiger partial charge < -0.3 is 14.4 Å². The van der Waals surface area contributed by atoms with Gasteiger partial charge in [-0.15, -0.1) is 0 Å². The van der Waals surface area contributed by atoms with Crippen LogP contribution in [0.15, 0.2) is 42.5 Å². The number of unbranched alkanes of at least 4 members (excludes halogenated alkanes) is 1. The highest BCUT2D eigenvalue weighted by molar-refractivity contribution is 6.30. The summed E-state index contributed by atoms with van der Waals surface area (Å²) >= 11 is 6.03. The van der Waals surface area contributed by atoms with Crippen molar-refractivity contribution in [3.05, 3.63) is 70.2 Å². The summed E-state index contributed by atoms with van der Waals surface area (Å²) in [5.41, 5.74) is 0.754. The summed E-state index contributed by atoms with van der Waals surface area (Å²) in [6, 6.07) is 11.0. The molecule has 190 valence electrons. The number of methoxy groups -OCH3 is 1. The van der Waals surface area contributed by atoms with Crippen molar-refractivity contribution < 1.29 is 27.8 Å². The Morgan fingerprint density at radius 3 is 2.23 bits per heavy atom. The molecule has 0 unspecified atom stereocenters. The van der Waals surface area contributed by atoms with E-state index in [9.17, 15) is 18.4 Å². The van der Waals surface area contributed by atoms with Crippen LogP contribution in [-0.2, 0) is 25.7 Å². The van der Waals surface area contributed by atoms with Crippen molar-refractivity contribution in [2.75, 3.05) is 39.8 Å². The smallest absolute Gasteiger partial charge is 0.305 e. The fraction of sp³-hybridized carbons (Fsp3) is 0.462. The predicted octanol–water partition coefficient (Wildman–Crippen LogP) is 4.75. The number of hydrogen-bond donors (Lipinski definition) is 0. The monoisotopic (exact) mass is 508 g/mol. The lowest BCUT2D eigenvalue weighted by Gasteiger charge is -2.36. The first kappa shape index (κ1) is 27.0. The van der Waals surface area contributed by atoms with Gasteiger partial charge in [-0.2, -0.15) is 0 Å². The minimum absolute atomic E-state index is 0.0787. The lowest BCUT2D eigenvalue weighted by molar-refractivity contribution is -0.141. The van der Waals surface area contributed by atoms with Gasteiger partial charge in [0.15, 0.2) is 0 Å². The number of esters is 1. The molecule has 2 aromatic rings. The van der Waals surface area contributed by atoms with E-state index in [-0.39, 0.29) is 24.0 Å². The van der Waals surface area contributed by atoms with Gasteiger partial charge in [0, 0.05) is 56.2 Å². The summed E-state index contributed by atoms with van der Waals surface area (Å²) in [5.74, 6) is -1.46. The fourth-order valence-electron chi connectivity index (χ4n) is 4.01. The zero-order valence-electron chi connectivity index (χ0n) is 19.9. The largest absolute Gasteiger partial charge is 0.469 e. The topological polar surface area (TPSA) is 59.1 Å². The maximum atomic E-state index is 14.1. The van der Waals surface area contributed by atoms with Gasteiger partial charge in [-0.1, -0.05) is 29.8 Å². The van der Waals surface area contributed by atoms with Crippen LogP contribution in [0.5, 0.6) is 0 Å². The van der Waals surface area contributed by atoms with E-state index in [0.29, 0.717) is 63.4 Å². The molecule has 0 bridgehead atoms. The van der Waals surface area contributed by atoms with Crippen molar-refractivity contribution in [2.45, 2.75) is 38.4 Å². The Kier molecular flexibility index (Phi) is 10.4. The average Bonchev–Trinajstić information content (AvgIpc) is 2.86. The minimum Gasteiger partial charge on any atom is -0.469 e. The number of amides is 1. The van der Waals surface area contributed by atoms with E-state index < -0.39 is 17.7 Å². The summed E-state index contributed by atoms with van der Waals surface area (Å²) < 4.78 is 38.8. The molecule has 0 aromatic heterocycles. The zero-order chi connectivity index (χ0) is 25.2. The van der Waals surface area contributed by atoms with E-state index in [1.165, 1.54) is 25.3 Å². The van der Waals surface area contributed by atoms with Gasteiger partial charge in [0.05, 0.1) is 19.8 Å². The van der Waals surface area contributed by atoms with Crippen molar-refractivity contribution in [1.82, 2.24) is 9.80 Å². The highest BCUT2D eigenvalue weighted by atomic mass is 35.5. The first-order valence-electron chi connectivity index (χ1n) is 11.7. The van der Waals surface area contributed by atoms with Gasteiger partial charge >= 0.3 is 5.97 Å². The van der Waals surface area contributed by atoms with Gasteiger partial charge in [0.1, 0.15) is 11.6 Å². The summed E-state index contributed by atoms with van der Waals surface area (Å²) in [7, 11) is 1.35. The SMILES string of the molecule is COC(=O)CCCCC(=O)N1CCN(C[C@H](OCc2c(F)cccc2F)c2ccc(Cl)cc2)CC1. The highest BCUT2D eigenvalue weighted by Crippen LogP contribution is 2.25. The van der Waals surface area contributed by atoms with Crippen LogP contribution >= 0.6 is 11.6 Å². The van der Waals surface area contributed by atoms with E-state index in [2.05, 4.69) is 9.64 Å². The molecule has 0 saturated carbocycles. The molecule has 6 nitrogen and oxygen atoms in total. The maximum Gasteiger partial charge on any atom is 0.305 e. The summed E-state index contributed by atoms with van der Waals surface area (Å²) in [6.45, 7) is 2.82. The van der Waals surface area contributed by atoms with Crippen LogP contribution in [0.1, 0.15) is 42.9 Å². The molecule has 1 aliphatic heterocycles. The molecule has 0 aliphatic carbocycles. The van der Waals surface area contributed by atoms with Crippen LogP contribution in [0, 0.1) is 11.6 Å². The van der Waals surface area contributed by atoms with Crippen molar-refractivity contribution in [3.8, 4) is 0 Å². The van der Waals surface area contributed by atoms with Gasteiger partial charge in [-0.25, -0.2) is 8.78 Å². The molecule has 9 heteroatoms. The van der Waals surface area contributed by atoms with E-state index in [0.717, 1.165) is 5.56 Å². The number of carbonyl (C=O) groups excluding carboxylic acids is 2. The minimum atomic E-state index is -0.640. The molecule has 0 spiro atoms. The molecule has 2 aromatic carbocycles. The average molecular weight is 509 g/mol. The summed E-state index contributed by atoms with van der Waals surface area (Å²) in [4.78, 5) is 27.7. The number of piperazine rings is 1. The van der Waals surface area contributed by atoms with Crippen molar-refractivity contribution in [3.63, 3.8) is 0 Å². The van der Waals surface area contributed by atoms with Crippen molar-refractivity contribution in [2.24, 2.45) is 0 Å². The lowest BCUT2D eigenvalue weighted by Crippen LogP contribution is -2.49. The fourth-order valence-corrected chi connectivity index (χ4v) is 4.13. The maximum absolute atomic E-state index is 14.1. The second-order valence-electron chi connectivity index (χ2n) is 8.52. The van der Waals surface area contributed by atoms with Crippen LogP contribution in [-0.4, -0.2) is 61.5 Å². The normalized spacial score (nSPS) is 15.1. The van der Waals surface area contributed by atoms with Crippen LogP contribution < -0.4 is 0 Å². The van der Waals surface area contributed by atoms with Crippen LogP contribution in [0.2, 0.25) is 5.02 Å². The molecule has 1 aliphatic rings. The number of rotatable bonds is 11. The number of hydrogen-bond acceptors (Lipinski definition) is 5. The molecule has 35 heavy (non-hydrogen) atoms. The summed E-state index contributed by atoms with van der Waals surface area (Å²) in [5, 5.41) is 0.589. The Bertz CT molecular complexity index is 962. The number of nitrogens with zero attached hydrogens (tertiary/aromatic N) is 2. The van der Waals surface area contributed by atoms with Crippen LogP contribution in [0.3, 0.4) is 0 Å². The van der Waals surface area contributed by atoms with Gasteiger partial charge in [-0.05, 0) is 42.7 Å². The molecule has 1 amide bonds. The zero-order valence-corrected chi connectivity index (χ0v) is 20.6. The number of carbonyl (C=O) groups is 2. The molecule has 1 atom stereocenters. The van der Waals surface area contributed by atoms with Crippen molar-refractivity contribution in [1.29, 1.82) is 0 Å². The van der Waals surface area contributed by atoms with Crippen LogP contribution in [0.4, 0.5) is 8.78 Å². The highest BCUT2D eigenvalue weighted by Gasteiger charge is 2.24. The molecule has 1 heterocycles. The van der Waals surface area contributed by atoms with Gasteiger partial charge in [-0.3, -0.25) is 14.5 Å². The van der Waals surface area contributed by atoms with E-state index >= 15 is 0 Å². The first-order valence-corrected chi connectivity index (χ1v) is 12.1. The Balaban J connectivity index is 1.54. The third-order valence-corrected chi connectivity index (χ3v) is 6.38. The molecule has 3 rings (SSSR count). The molecule has 0 N–H and O–H groups in total. The number of ether oxygens (including phenoxy) is 2. The molecule has 1 fully saturated rings. The Morgan fingerprint density at radius 1 is 0.971 bits per heavy atom. The van der Waals surface area contributed by atoms with E-state index in [1.807, 2.05) is 17.0 Å². The lowest BCUT2D eigenvalue weighted by atomic mass is 10.1. The molecular formula is C26H31ClF2N2O4. The van der Waals surface area contributed by atoms with E-state index in [1.54, 1.807) is 12.1 Å². The Hall–Kier alpha value is -2.55. The molecule has 1 saturated heterocycles. The van der Waals surface area contributed by atoms with Gasteiger partial charge in [0.2, 0.25) is 5.91 Å². The number of halogens is 3. The second kappa shape index (κ2) is 13.5. The molecular weight excluding hydrogens is 478 g/mol. The molecule has 0 radical (unpaired) electrons. The quantitative estimate of drug-likeness (QED) is 0.324. The predicted molar refractivity (Wildman–Crippen MR) is 129 cm³/mol. The van der Waals surface area contributed by atoms with Crippen LogP contribution in [0.25, 0.3) is 0 Å². The first-order chi connectivity index (χ1) is 16.9. The second-order valence-corrected chi connectivity index (χ2v) is 8.95. The third kappa shape index (κ3) is 8.26. The van der Waals surface area contributed by atoms with Crippen molar-refractivity contribution >= 4 is 23.5 Å². The Labute approximate surface area is 209 Å². The third-order valence-electron chi connectivity index (χ3n) is 6.13. The Morgan fingerprint density at radius 2 is 1.60 bits per heavy atom. The van der Waals surface area contributed by atoms with E-state index in [4.69, 9.17) is 16.3 Å². The van der Waals surface area contributed by atoms with Gasteiger partial charge in [0.25, 0.3) is 0 Å².